The zero-order chi connectivity index (χ0) is 13.4. The van der Waals surface area contributed by atoms with Gasteiger partial charge in [-0.2, -0.15) is 0 Å². The van der Waals surface area contributed by atoms with E-state index in [1.807, 2.05) is 24.3 Å². The number of carbonyl (C=O) groups is 2. The van der Waals surface area contributed by atoms with Gasteiger partial charge < -0.3 is 10.6 Å². The minimum Gasteiger partial charge on any atom is -0.338 e. The number of urea groups is 1. The first-order valence-electron chi connectivity index (χ1n) is 5.84. The molecule has 1 rings (SSSR count). The van der Waals surface area contributed by atoms with E-state index in [9.17, 15) is 9.59 Å². The summed E-state index contributed by atoms with van der Waals surface area (Å²) >= 11 is 5.99. The third kappa shape index (κ3) is 5.68. The van der Waals surface area contributed by atoms with E-state index in [4.69, 9.17) is 11.6 Å². The number of rotatable bonds is 6. The molecule has 5 heteroatoms. The molecule has 0 fully saturated rings. The molecule has 4 nitrogen and oxygen atoms in total. The van der Waals surface area contributed by atoms with Crippen molar-refractivity contribution in [2.75, 3.05) is 13.1 Å². The Hall–Kier alpha value is -1.55. The standard InChI is InChI=1S/C13H17ClN2O2/c1-10(17)6-8-15-13(18)16-9-7-11-4-2-3-5-12(11)14/h2-5H,6-9H2,1H3,(H2,15,16,18). The second-order valence-electron chi connectivity index (χ2n) is 3.98. The fraction of sp³-hybridized carbons (Fsp3) is 0.385. The van der Waals surface area contributed by atoms with Gasteiger partial charge in [0.25, 0.3) is 0 Å². The number of Topliss-reactive ketones (excluding diaryl/α,β-unsaturated/α-hetero) is 1. The topological polar surface area (TPSA) is 58.2 Å². The van der Waals surface area contributed by atoms with Crippen LogP contribution >= 0.6 is 11.6 Å². The fourth-order valence-corrected chi connectivity index (χ4v) is 1.66. The first-order chi connectivity index (χ1) is 8.59. The summed E-state index contributed by atoms with van der Waals surface area (Å²) in [7, 11) is 0. The van der Waals surface area contributed by atoms with Gasteiger partial charge in [0.2, 0.25) is 0 Å². The largest absolute Gasteiger partial charge is 0.338 e. The number of amides is 2. The highest BCUT2D eigenvalue weighted by molar-refractivity contribution is 6.31. The van der Waals surface area contributed by atoms with Crippen LogP contribution in [0.2, 0.25) is 5.02 Å². The Labute approximate surface area is 112 Å². The third-order valence-electron chi connectivity index (χ3n) is 2.40. The summed E-state index contributed by atoms with van der Waals surface area (Å²) in [6, 6.07) is 7.27. The van der Waals surface area contributed by atoms with Gasteiger partial charge in [0.05, 0.1) is 0 Å². The van der Waals surface area contributed by atoms with Crippen LogP contribution in [0.25, 0.3) is 0 Å². The first-order valence-corrected chi connectivity index (χ1v) is 6.22. The summed E-state index contributed by atoms with van der Waals surface area (Å²) in [4.78, 5) is 22.0. The molecule has 0 aliphatic heterocycles. The molecule has 0 saturated carbocycles. The monoisotopic (exact) mass is 268 g/mol. The van der Waals surface area contributed by atoms with Crippen LogP contribution in [0.15, 0.2) is 24.3 Å². The lowest BCUT2D eigenvalue weighted by Gasteiger charge is -2.07. The maximum atomic E-state index is 11.3. The van der Waals surface area contributed by atoms with Crippen LogP contribution in [0.3, 0.4) is 0 Å². The van der Waals surface area contributed by atoms with Crippen LogP contribution in [-0.4, -0.2) is 24.9 Å². The molecule has 0 heterocycles. The van der Waals surface area contributed by atoms with Gasteiger partial charge in [-0.15, -0.1) is 0 Å². The highest BCUT2D eigenvalue weighted by Gasteiger charge is 2.02. The lowest BCUT2D eigenvalue weighted by molar-refractivity contribution is -0.116. The number of ketones is 1. The minimum atomic E-state index is -0.261. The molecule has 0 spiro atoms. The van der Waals surface area contributed by atoms with Crippen molar-refractivity contribution in [2.45, 2.75) is 19.8 Å². The van der Waals surface area contributed by atoms with Crippen molar-refractivity contribution in [1.82, 2.24) is 10.6 Å². The van der Waals surface area contributed by atoms with Gasteiger partial charge in [-0.3, -0.25) is 4.79 Å². The number of hydrogen-bond acceptors (Lipinski definition) is 2. The molecule has 2 amide bonds. The van der Waals surface area contributed by atoms with Crippen LogP contribution in [0.5, 0.6) is 0 Å². The number of benzene rings is 1. The number of hydrogen-bond donors (Lipinski definition) is 2. The van der Waals surface area contributed by atoms with E-state index in [0.717, 1.165) is 5.56 Å². The zero-order valence-corrected chi connectivity index (χ0v) is 11.1. The van der Waals surface area contributed by atoms with Gasteiger partial charge in [-0.1, -0.05) is 29.8 Å². The van der Waals surface area contributed by atoms with Gasteiger partial charge in [0.15, 0.2) is 0 Å². The second kappa shape index (κ2) is 7.71. The van der Waals surface area contributed by atoms with Gasteiger partial charge in [0, 0.05) is 24.5 Å². The number of halogens is 1. The minimum absolute atomic E-state index is 0.0615. The van der Waals surface area contributed by atoms with Gasteiger partial charge in [-0.05, 0) is 25.0 Å². The number of carbonyl (C=O) groups excluding carboxylic acids is 2. The van der Waals surface area contributed by atoms with Crippen LogP contribution in [-0.2, 0) is 11.2 Å². The molecule has 18 heavy (non-hydrogen) atoms. The van der Waals surface area contributed by atoms with Gasteiger partial charge in [0.1, 0.15) is 5.78 Å². The Morgan fingerprint density at radius 3 is 2.50 bits per heavy atom. The fourth-order valence-electron chi connectivity index (χ4n) is 1.43. The van der Waals surface area contributed by atoms with Crippen molar-refractivity contribution in [3.63, 3.8) is 0 Å². The molecule has 0 unspecified atom stereocenters. The Morgan fingerprint density at radius 2 is 1.83 bits per heavy atom. The van der Waals surface area contributed by atoms with E-state index >= 15 is 0 Å². The van der Waals surface area contributed by atoms with Crippen LogP contribution in [0.4, 0.5) is 4.79 Å². The molecular weight excluding hydrogens is 252 g/mol. The molecule has 0 aliphatic carbocycles. The van der Waals surface area contributed by atoms with E-state index in [1.54, 1.807) is 0 Å². The van der Waals surface area contributed by atoms with Crippen molar-refractivity contribution in [3.05, 3.63) is 34.9 Å². The van der Waals surface area contributed by atoms with Crippen molar-refractivity contribution in [2.24, 2.45) is 0 Å². The lowest BCUT2D eigenvalue weighted by Crippen LogP contribution is -2.37. The second-order valence-corrected chi connectivity index (χ2v) is 4.38. The van der Waals surface area contributed by atoms with Crippen molar-refractivity contribution in [1.29, 1.82) is 0 Å². The van der Waals surface area contributed by atoms with Crippen molar-refractivity contribution >= 4 is 23.4 Å². The average Bonchev–Trinajstić information content (AvgIpc) is 2.31. The summed E-state index contributed by atoms with van der Waals surface area (Å²) in [5, 5.41) is 6.03. The SMILES string of the molecule is CC(=O)CCNC(=O)NCCc1ccccc1Cl. The molecule has 0 bridgehead atoms. The highest BCUT2D eigenvalue weighted by atomic mass is 35.5. The predicted octanol–water partition coefficient (Wildman–Crippen LogP) is 2.16. The summed E-state index contributed by atoms with van der Waals surface area (Å²) < 4.78 is 0. The molecule has 0 radical (unpaired) electrons. The normalized spacial score (nSPS) is 9.89. The Morgan fingerprint density at radius 1 is 1.17 bits per heavy atom. The Balaban J connectivity index is 2.20. The average molecular weight is 269 g/mol. The maximum absolute atomic E-state index is 11.3. The van der Waals surface area contributed by atoms with Crippen LogP contribution in [0, 0.1) is 0 Å². The summed E-state index contributed by atoms with van der Waals surface area (Å²) in [5.74, 6) is 0.0615. The first kappa shape index (κ1) is 14.5. The highest BCUT2D eigenvalue weighted by Crippen LogP contribution is 2.14. The van der Waals surface area contributed by atoms with Crippen LogP contribution < -0.4 is 10.6 Å². The van der Waals surface area contributed by atoms with E-state index in [-0.39, 0.29) is 11.8 Å². The molecule has 1 aromatic rings. The Kier molecular flexibility index (Phi) is 6.22. The number of nitrogens with one attached hydrogen (secondary N) is 2. The molecule has 2 N–H and O–H groups in total. The van der Waals surface area contributed by atoms with E-state index < -0.39 is 0 Å². The summed E-state index contributed by atoms with van der Waals surface area (Å²) in [6.45, 7) is 2.37. The summed E-state index contributed by atoms with van der Waals surface area (Å²) in [6.07, 6.45) is 1.04. The predicted molar refractivity (Wildman–Crippen MR) is 71.9 cm³/mol. The third-order valence-corrected chi connectivity index (χ3v) is 2.77. The van der Waals surface area contributed by atoms with Gasteiger partial charge in [-0.25, -0.2) is 4.79 Å². The molecule has 0 atom stereocenters. The van der Waals surface area contributed by atoms with Crippen molar-refractivity contribution in [3.8, 4) is 0 Å². The van der Waals surface area contributed by atoms with Crippen LogP contribution in [0.1, 0.15) is 18.9 Å². The van der Waals surface area contributed by atoms with E-state index in [1.165, 1.54) is 6.92 Å². The molecular formula is C13H17ClN2O2. The van der Waals surface area contributed by atoms with E-state index in [0.29, 0.717) is 31.0 Å². The van der Waals surface area contributed by atoms with E-state index in [2.05, 4.69) is 10.6 Å². The lowest BCUT2D eigenvalue weighted by atomic mass is 10.1. The molecule has 1 aromatic carbocycles. The van der Waals surface area contributed by atoms with Gasteiger partial charge >= 0.3 is 6.03 Å². The molecule has 0 aromatic heterocycles. The quantitative estimate of drug-likeness (QED) is 0.831. The smallest absolute Gasteiger partial charge is 0.314 e. The maximum Gasteiger partial charge on any atom is 0.314 e. The molecule has 0 saturated heterocycles. The molecule has 0 aliphatic rings. The Bertz CT molecular complexity index is 421. The van der Waals surface area contributed by atoms with Crippen molar-refractivity contribution < 1.29 is 9.59 Å². The zero-order valence-electron chi connectivity index (χ0n) is 10.3. The summed E-state index contributed by atoms with van der Waals surface area (Å²) in [5.41, 5.74) is 1.00. The molecule has 98 valence electrons.